The molecule has 5 rings (SSSR count). The highest BCUT2D eigenvalue weighted by atomic mass is 19.1. The summed E-state index contributed by atoms with van der Waals surface area (Å²) >= 11 is 0. The molecule has 1 fully saturated rings. The summed E-state index contributed by atoms with van der Waals surface area (Å²) in [5, 5.41) is 8.21. The topological polar surface area (TPSA) is 94.4 Å². The maximum atomic E-state index is 13.1. The first kappa shape index (κ1) is 19.2. The Labute approximate surface area is 175 Å². The van der Waals surface area contributed by atoms with Crippen LogP contribution >= 0.6 is 0 Å². The van der Waals surface area contributed by atoms with E-state index in [0.29, 0.717) is 54.4 Å². The van der Waals surface area contributed by atoms with Crippen molar-refractivity contribution < 1.29 is 18.0 Å². The predicted molar refractivity (Wildman–Crippen MR) is 109 cm³/mol. The number of benzene rings is 2. The zero-order chi connectivity index (χ0) is 21.4. The molecule has 158 valence electrons. The van der Waals surface area contributed by atoms with Gasteiger partial charge in [-0.3, -0.25) is 9.36 Å². The highest BCUT2D eigenvalue weighted by Gasteiger charge is 2.28. The lowest BCUT2D eigenvalue weighted by atomic mass is 9.97. The number of oxazole rings is 1. The summed E-state index contributed by atoms with van der Waals surface area (Å²) in [6.07, 6.45) is 1.36. The zero-order valence-electron chi connectivity index (χ0n) is 16.5. The number of fused-ring (bicyclic) bond motifs is 1. The van der Waals surface area contributed by atoms with Crippen LogP contribution in [0.5, 0.6) is 0 Å². The van der Waals surface area contributed by atoms with Gasteiger partial charge in [-0.1, -0.05) is 12.1 Å². The highest BCUT2D eigenvalue weighted by molar-refractivity contribution is 5.79. The molecule has 2 aromatic carbocycles. The van der Waals surface area contributed by atoms with Gasteiger partial charge >= 0.3 is 5.76 Å². The van der Waals surface area contributed by atoms with Crippen LogP contribution in [0.1, 0.15) is 24.7 Å². The molecule has 8 nitrogen and oxygen atoms in total. The summed E-state index contributed by atoms with van der Waals surface area (Å²) in [6, 6.07) is 12.9. The van der Waals surface area contributed by atoms with Crippen molar-refractivity contribution in [3.63, 3.8) is 0 Å². The predicted octanol–water partition coefficient (Wildman–Crippen LogP) is 3.19. The fraction of sp³-hybridized carbons (Fsp3) is 0.273. The number of nitrogens with zero attached hydrogens (tertiary/aromatic N) is 4. The number of hydrogen-bond donors (Lipinski definition) is 0. The van der Waals surface area contributed by atoms with Gasteiger partial charge in [0.1, 0.15) is 12.4 Å². The van der Waals surface area contributed by atoms with E-state index in [4.69, 9.17) is 8.83 Å². The molecule has 0 aliphatic carbocycles. The number of aromatic nitrogens is 3. The SMILES string of the molecule is O=C(Cn1c(=O)oc2ccccc21)N1CCC(c2nnc(-c3ccc(F)cc3)o2)CC1. The Morgan fingerprint density at radius 2 is 1.77 bits per heavy atom. The monoisotopic (exact) mass is 422 g/mol. The molecule has 4 aromatic rings. The number of likely N-dealkylation sites (tertiary alicyclic amines) is 1. The standard InChI is InChI=1S/C22H19FN4O4/c23-16-7-5-14(6-8-16)20-24-25-21(31-20)15-9-11-26(12-10-15)19(28)13-27-17-3-1-2-4-18(17)30-22(27)29/h1-8,15H,9-13H2. The van der Waals surface area contributed by atoms with Gasteiger partial charge in [0, 0.05) is 24.6 Å². The summed E-state index contributed by atoms with van der Waals surface area (Å²) in [7, 11) is 0. The van der Waals surface area contributed by atoms with Crippen molar-refractivity contribution >= 4 is 17.0 Å². The largest absolute Gasteiger partial charge is 0.420 e. The number of amides is 1. The molecule has 0 N–H and O–H groups in total. The minimum Gasteiger partial charge on any atom is -0.420 e. The molecule has 0 saturated carbocycles. The number of halogens is 1. The van der Waals surface area contributed by atoms with Gasteiger partial charge in [0.2, 0.25) is 17.7 Å². The van der Waals surface area contributed by atoms with E-state index in [-0.39, 0.29) is 24.2 Å². The summed E-state index contributed by atoms with van der Waals surface area (Å²) < 4.78 is 25.4. The average Bonchev–Trinajstić information content (AvgIpc) is 3.40. The fourth-order valence-corrected chi connectivity index (χ4v) is 3.88. The Morgan fingerprint density at radius 3 is 2.55 bits per heavy atom. The second-order valence-corrected chi connectivity index (χ2v) is 7.53. The third-order valence-corrected chi connectivity index (χ3v) is 5.60. The van der Waals surface area contributed by atoms with E-state index in [1.807, 2.05) is 0 Å². The molecule has 1 amide bonds. The molecule has 0 spiro atoms. The zero-order valence-corrected chi connectivity index (χ0v) is 16.5. The van der Waals surface area contributed by atoms with Gasteiger partial charge in [0.25, 0.3) is 0 Å². The van der Waals surface area contributed by atoms with Gasteiger partial charge in [-0.15, -0.1) is 10.2 Å². The molecule has 0 atom stereocenters. The van der Waals surface area contributed by atoms with Crippen LogP contribution in [0.4, 0.5) is 4.39 Å². The molecule has 0 bridgehead atoms. The maximum absolute atomic E-state index is 13.1. The Bertz CT molecular complexity index is 1280. The Kier molecular flexibility index (Phi) is 4.85. The first-order chi connectivity index (χ1) is 15.1. The van der Waals surface area contributed by atoms with Gasteiger partial charge in [0.15, 0.2) is 5.58 Å². The van der Waals surface area contributed by atoms with Gasteiger partial charge in [-0.2, -0.15) is 0 Å². The summed E-state index contributed by atoms with van der Waals surface area (Å²) in [5.41, 5.74) is 1.73. The molecule has 2 aromatic heterocycles. The molecule has 9 heteroatoms. The fourth-order valence-electron chi connectivity index (χ4n) is 3.88. The first-order valence-electron chi connectivity index (χ1n) is 10.0. The van der Waals surface area contributed by atoms with Crippen LogP contribution in [0, 0.1) is 5.82 Å². The number of para-hydroxylation sites is 2. The second kappa shape index (κ2) is 7.82. The lowest BCUT2D eigenvalue weighted by Gasteiger charge is -2.30. The van der Waals surface area contributed by atoms with Crippen LogP contribution in [0.2, 0.25) is 0 Å². The number of hydrogen-bond acceptors (Lipinski definition) is 6. The number of carbonyl (C=O) groups is 1. The van der Waals surface area contributed by atoms with E-state index >= 15 is 0 Å². The highest BCUT2D eigenvalue weighted by Crippen LogP contribution is 2.29. The van der Waals surface area contributed by atoms with Crippen molar-refractivity contribution in [2.45, 2.75) is 25.3 Å². The molecular weight excluding hydrogens is 403 g/mol. The van der Waals surface area contributed by atoms with Crippen molar-refractivity contribution in [2.24, 2.45) is 0 Å². The van der Waals surface area contributed by atoms with Gasteiger partial charge < -0.3 is 13.7 Å². The number of rotatable bonds is 4. The molecule has 31 heavy (non-hydrogen) atoms. The lowest BCUT2D eigenvalue weighted by Crippen LogP contribution is -2.40. The average molecular weight is 422 g/mol. The minimum absolute atomic E-state index is 0.0447. The van der Waals surface area contributed by atoms with E-state index < -0.39 is 5.76 Å². The van der Waals surface area contributed by atoms with Crippen molar-refractivity contribution in [3.05, 3.63) is 70.8 Å². The number of piperidine rings is 1. The normalized spacial score (nSPS) is 14.9. The molecular formula is C22H19FN4O4. The van der Waals surface area contributed by atoms with Crippen molar-refractivity contribution in [3.8, 4) is 11.5 Å². The molecule has 1 saturated heterocycles. The maximum Gasteiger partial charge on any atom is 0.420 e. The van der Waals surface area contributed by atoms with Crippen LogP contribution < -0.4 is 5.76 Å². The molecule has 0 unspecified atom stereocenters. The van der Waals surface area contributed by atoms with E-state index in [2.05, 4.69) is 10.2 Å². The van der Waals surface area contributed by atoms with Gasteiger partial charge in [0.05, 0.1) is 5.52 Å². The van der Waals surface area contributed by atoms with Gasteiger partial charge in [-0.25, -0.2) is 9.18 Å². The second-order valence-electron chi connectivity index (χ2n) is 7.53. The Hall–Kier alpha value is -3.75. The minimum atomic E-state index is -0.538. The van der Waals surface area contributed by atoms with Crippen molar-refractivity contribution in [2.75, 3.05) is 13.1 Å². The quantitative estimate of drug-likeness (QED) is 0.501. The summed E-state index contributed by atoms with van der Waals surface area (Å²) in [4.78, 5) is 26.6. The summed E-state index contributed by atoms with van der Waals surface area (Å²) in [5.74, 6) is -0.0918. The van der Waals surface area contributed by atoms with Crippen molar-refractivity contribution in [1.82, 2.24) is 19.7 Å². The first-order valence-corrected chi connectivity index (χ1v) is 10.0. The van der Waals surface area contributed by atoms with Crippen LogP contribution in [0.3, 0.4) is 0 Å². The smallest absolute Gasteiger partial charge is 0.420 e. The molecule has 0 radical (unpaired) electrons. The van der Waals surface area contributed by atoms with E-state index in [1.54, 1.807) is 41.3 Å². The van der Waals surface area contributed by atoms with Crippen molar-refractivity contribution in [1.29, 1.82) is 0 Å². The van der Waals surface area contributed by atoms with Crippen LogP contribution in [-0.2, 0) is 11.3 Å². The van der Waals surface area contributed by atoms with Crippen LogP contribution in [0.25, 0.3) is 22.6 Å². The van der Waals surface area contributed by atoms with E-state index in [1.165, 1.54) is 16.7 Å². The third-order valence-electron chi connectivity index (χ3n) is 5.60. The van der Waals surface area contributed by atoms with E-state index in [0.717, 1.165) is 0 Å². The summed E-state index contributed by atoms with van der Waals surface area (Å²) in [6.45, 7) is 1.00. The lowest BCUT2D eigenvalue weighted by molar-refractivity contribution is -0.133. The molecule has 1 aliphatic rings. The number of carbonyl (C=O) groups excluding carboxylic acids is 1. The van der Waals surface area contributed by atoms with Crippen LogP contribution in [-0.4, -0.2) is 38.7 Å². The van der Waals surface area contributed by atoms with E-state index in [9.17, 15) is 14.0 Å². The third kappa shape index (κ3) is 3.74. The Morgan fingerprint density at radius 1 is 1.03 bits per heavy atom. The van der Waals surface area contributed by atoms with Crippen LogP contribution in [0.15, 0.2) is 62.2 Å². The van der Waals surface area contributed by atoms with Gasteiger partial charge in [-0.05, 0) is 49.2 Å². The molecule has 3 heterocycles. The Balaban J connectivity index is 1.23. The molecule has 1 aliphatic heterocycles.